The van der Waals surface area contributed by atoms with Gasteiger partial charge in [-0.05, 0) is 135 Å². The van der Waals surface area contributed by atoms with E-state index in [2.05, 4.69) is 115 Å². The zero-order valence-corrected chi connectivity index (χ0v) is 44.9. The fourth-order valence-electron chi connectivity index (χ4n) is 5.07. The predicted octanol–water partition coefficient (Wildman–Crippen LogP) is 10.4. The molecule has 0 heterocycles. The fourth-order valence-corrected chi connectivity index (χ4v) is 28.1. The van der Waals surface area contributed by atoms with Crippen molar-refractivity contribution in [1.29, 1.82) is 0 Å². The van der Waals surface area contributed by atoms with Gasteiger partial charge < -0.3 is 27.4 Å². The number of hydrogen-bond donors (Lipinski definition) is 5. The van der Waals surface area contributed by atoms with Crippen molar-refractivity contribution in [3.05, 3.63) is 0 Å². The summed E-state index contributed by atoms with van der Waals surface area (Å²) in [5, 5.41) is 34.0. The van der Waals surface area contributed by atoms with Gasteiger partial charge in [0.1, 0.15) is 0 Å². The maximum absolute atomic E-state index is 10.6. The van der Waals surface area contributed by atoms with Gasteiger partial charge in [-0.3, -0.25) is 20.1 Å². The molecule has 0 spiro atoms. The van der Waals surface area contributed by atoms with Gasteiger partial charge in [0.05, 0.1) is 13.2 Å². The average Bonchev–Trinajstić information content (AvgIpc) is 2.86. The fraction of sp³-hybridized carbons (Fsp3) is 0.931. The van der Waals surface area contributed by atoms with Crippen molar-refractivity contribution >= 4 is 102 Å². The molecule has 0 radical (unpaired) electrons. The van der Waals surface area contributed by atoms with Gasteiger partial charge >= 0.3 is 69.9 Å². The molecular weight excluding hydrogens is 1010 g/mol. The van der Waals surface area contributed by atoms with Crippen LogP contribution in [0.4, 0.5) is 0 Å². The molecule has 0 aliphatic rings. The summed E-state index contributed by atoms with van der Waals surface area (Å²) in [4.78, 5) is 38.0. The molecular formula is C29H72I2O12Si6V. The number of carbonyl (C=O) groups is 2. The van der Waals surface area contributed by atoms with Crippen LogP contribution in [0.3, 0.4) is 0 Å². The summed E-state index contributed by atoms with van der Waals surface area (Å²) in [7, 11) is -10.4. The monoisotopic (exact) mass is 1090 g/mol. The molecule has 50 heavy (non-hydrogen) atoms. The van der Waals surface area contributed by atoms with Crippen LogP contribution in [-0.2, 0) is 41.2 Å². The predicted molar refractivity (Wildman–Crippen MR) is 233 cm³/mol. The molecule has 0 aliphatic carbocycles. The summed E-state index contributed by atoms with van der Waals surface area (Å²) < 4.78 is 19.2. The Morgan fingerprint density at radius 1 is 0.520 bits per heavy atom. The van der Waals surface area contributed by atoms with Crippen molar-refractivity contribution < 1.29 is 66.7 Å². The maximum atomic E-state index is 10.6. The summed E-state index contributed by atoms with van der Waals surface area (Å²) in [6, 6.07) is 3.80. The third-order valence-corrected chi connectivity index (χ3v) is 25.5. The molecule has 0 aromatic rings. The Morgan fingerprint density at radius 2 is 0.760 bits per heavy atom. The average molecular weight is 1090 g/mol. The summed E-state index contributed by atoms with van der Waals surface area (Å²) >= 11 is 4.74. The molecule has 0 rings (SSSR count). The SMILES string of the molecule is C[Si](C)(C)O.C[Si](C)(CCCCOO)O[Si](C)(C)CCCC(=O)O.C[Si](C)(CCCCOO)O[Si](C)(C)O[Si](C)(C)CCCC(=O)O.[I][V][I]. The van der Waals surface area contributed by atoms with Gasteiger partial charge in [-0.25, -0.2) is 9.78 Å². The third kappa shape index (κ3) is 52.1. The van der Waals surface area contributed by atoms with E-state index in [9.17, 15) is 9.59 Å². The minimum absolute atomic E-state index is 0.204. The van der Waals surface area contributed by atoms with Gasteiger partial charge in [-0.1, -0.05) is 12.8 Å². The molecule has 12 nitrogen and oxygen atoms in total. The molecule has 0 fully saturated rings. The van der Waals surface area contributed by atoms with Crippen molar-refractivity contribution in [2.24, 2.45) is 0 Å². The van der Waals surface area contributed by atoms with Gasteiger partial charge in [-0.15, -0.1) is 0 Å². The molecule has 303 valence electrons. The summed E-state index contributed by atoms with van der Waals surface area (Å²) in [6.07, 6.45) is 5.46. The number of halogens is 2. The molecule has 0 bridgehead atoms. The first-order chi connectivity index (χ1) is 22.5. The van der Waals surface area contributed by atoms with E-state index in [4.69, 9.17) is 37.9 Å². The van der Waals surface area contributed by atoms with Crippen LogP contribution in [0.1, 0.15) is 51.4 Å². The molecule has 0 atom stereocenters. The summed E-state index contributed by atoms with van der Waals surface area (Å²) in [6.45, 7) is 28.0. The van der Waals surface area contributed by atoms with E-state index in [0.717, 1.165) is 49.9 Å². The first-order valence-electron chi connectivity index (χ1n) is 17.2. The molecule has 5 N–H and O–H groups in total. The van der Waals surface area contributed by atoms with Crippen LogP contribution in [0.15, 0.2) is 0 Å². The Kier molecular flexibility index (Phi) is 36.5. The molecule has 0 amide bonds. The molecule has 0 unspecified atom stereocenters. The van der Waals surface area contributed by atoms with Gasteiger partial charge in [0.15, 0.2) is 41.6 Å². The van der Waals surface area contributed by atoms with Crippen LogP contribution >= 0.6 is 40.0 Å². The van der Waals surface area contributed by atoms with Crippen LogP contribution in [0.25, 0.3) is 0 Å². The van der Waals surface area contributed by atoms with Crippen molar-refractivity contribution in [2.75, 3.05) is 13.2 Å². The molecule has 0 saturated heterocycles. The van der Waals surface area contributed by atoms with Crippen LogP contribution in [0, 0.1) is 0 Å². The quantitative estimate of drug-likeness (QED) is 0.0203. The molecule has 0 aromatic carbocycles. The zero-order chi connectivity index (χ0) is 40.3. The van der Waals surface area contributed by atoms with Crippen LogP contribution in [0.5, 0.6) is 0 Å². The van der Waals surface area contributed by atoms with Gasteiger partial charge in [0, 0.05) is 12.8 Å². The molecule has 21 heteroatoms. The molecule has 0 aliphatic heterocycles. The van der Waals surface area contributed by atoms with Crippen molar-refractivity contribution in [2.45, 2.75) is 161 Å². The number of hydrogen-bond acceptors (Lipinski definition) is 10. The normalized spacial score (nSPS) is 12.4. The zero-order valence-electron chi connectivity index (χ0n) is 33.2. The number of aliphatic carboxylic acids is 2. The number of carboxylic acids is 2. The second-order valence-corrected chi connectivity index (χ2v) is 53.5. The first-order valence-corrected chi connectivity index (χ1v) is 44.9. The Hall–Kier alpha value is 1.97. The first kappa shape index (κ1) is 58.7. The second-order valence-electron chi connectivity index (χ2n) is 16.1. The van der Waals surface area contributed by atoms with Crippen LogP contribution in [0.2, 0.25) is 109 Å². The van der Waals surface area contributed by atoms with E-state index in [1.807, 2.05) is 19.6 Å². The number of carboxylic acid groups (broad SMARTS) is 2. The number of unbranched alkanes of at least 4 members (excludes halogenated alkanes) is 2. The van der Waals surface area contributed by atoms with Crippen molar-refractivity contribution in [3.63, 3.8) is 0 Å². The Balaban J connectivity index is -0.000000351. The van der Waals surface area contributed by atoms with Gasteiger partial charge in [0.25, 0.3) is 0 Å². The third-order valence-electron chi connectivity index (χ3n) is 6.46. The van der Waals surface area contributed by atoms with E-state index in [0.29, 0.717) is 35.5 Å². The van der Waals surface area contributed by atoms with Crippen LogP contribution in [-0.4, -0.2) is 101 Å². The summed E-state index contributed by atoms with van der Waals surface area (Å²) in [5.41, 5.74) is 0. The Morgan fingerprint density at radius 3 is 1.00 bits per heavy atom. The molecule has 0 aromatic heterocycles. The summed E-state index contributed by atoms with van der Waals surface area (Å²) in [5.74, 6) is -1.48. The minimum atomic E-state index is -2.22. The van der Waals surface area contributed by atoms with Crippen molar-refractivity contribution in [1.82, 2.24) is 0 Å². The molecule has 0 saturated carbocycles. The van der Waals surface area contributed by atoms with E-state index in [1.165, 1.54) is 0 Å². The van der Waals surface area contributed by atoms with E-state index >= 15 is 0 Å². The van der Waals surface area contributed by atoms with Crippen molar-refractivity contribution in [3.8, 4) is 0 Å². The Bertz CT molecular complexity index is 865. The van der Waals surface area contributed by atoms with E-state index < -0.39 is 62.1 Å². The number of rotatable bonds is 24. The standard InChI is InChI=1S/C14H34O6Si3.C12H28O5Si2.C3H10OSi.2HI.V/c1-21(2,12-8-7-11-18-17)19-23(5,6)20-22(3,4)13-9-10-14(15)16;1-18(2,10-6-5-9-16-15)17-19(3,4)11-7-8-12(13)14;1-5(2,3)4;;;/h17H,7-13H2,1-6H3,(H,15,16);15H,5-11H2,1-4H3,(H,13,14);4H,1-3H3;2*1H;/q;;;;;+2/p-2. The second kappa shape index (κ2) is 31.1. The van der Waals surface area contributed by atoms with Crippen LogP contribution < -0.4 is 0 Å². The van der Waals surface area contributed by atoms with E-state index in [1.54, 1.807) is 0 Å². The Labute approximate surface area is 339 Å². The van der Waals surface area contributed by atoms with Gasteiger partial charge in [0.2, 0.25) is 0 Å². The van der Waals surface area contributed by atoms with E-state index in [-0.39, 0.29) is 12.8 Å². The topological polar surface area (TPSA) is 181 Å². The van der Waals surface area contributed by atoms with Gasteiger partial charge in [-0.2, -0.15) is 0 Å².